The molecule has 0 heterocycles. The minimum atomic E-state index is -0.839. The Hall–Kier alpha value is -1.00. The average molecular weight is 229 g/mol. The second-order valence-electron chi connectivity index (χ2n) is 4.73. The minimum absolute atomic E-state index is 0.464. The summed E-state index contributed by atoms with van der Waals surface area (Å²) in [6.45, 7) is 4.34. The average Bonchev–Trinajstić information content (AvgIpc) is 2.08. The van der Waals surface area contributed by atoms with Gasteiger partial charge in [-0.15, -0.1) is 0 Å². The van der Waals surface area contributed by atoms with E-state index in [-0.39, 0.29) is 0 Å². The number of halogens is 2. The number of rotatable bonds is 4. The van der Waals surface area contributed by atoms with Gasteiger partial charge in [0, 0.05) is 13.1 Å². The van der Waals surface area contributed by atoms with E-state index in [2.05, 4.69) is 0 Å². The normalized spacial score (nSPS) is 12.2. The third-order valence-corrected chi connectivity index (χ3v) is 2.09. The second-order valence-corrected chi connectivity index (χ2v) is 4.73. The molecule has 0 unspecified atom stereocenters. The molecule has 4 heteroatoms. The number of benzene rings is 1. The van der Waals surface area contributed by atoms with Crippen molar-refractivity contribution in [1.29, 1.82) is 0 Å². The van der Waals surface area contributed by atoms with Gasteiger partial charge in [0.25, 0.3) is 0 Å². The lowest BCUT2D eigenvalue weighted by Gasteiger charge is -2.25. The van der Waals surface area contributed by atoms with Crippen molar-refractivity contribution in [3.05, 3.63) is 35.4 Å². The van der Waals surface area contributed by atoms with E-state index >= 15 is 0 Å². The zero-order valence-electron chi connectivity index (χ0n) is 9.80. The molecule has 1 N–H and O–H groups in total. The van der Waals surface area contributed by atoms with Crippen LogP contribution < -0.4 is 0 Å². The third kappa shape index (κ3) is 4.24. The smallest absolute Gasteiger partial charge is 0.159 e. The molecule has 0 aromatic heterocycles. The van der Waals surface area contributed by atoms with Crippen molar-refractivity contribution in [2.75, 3.05) is 13.6 Å². The van der Waals surface area contributed by atoms with Crippen LogP contribution in [-0.4, -0.2) is 29.2 Å². The molecule has 0 fully saturated rings. The highest BCUT2D eigenvalue weighted by Crippen LogP contribution is 2.12. The summed E-state index contributed by atoms with van der Waals surface area (Å²) < 4.78 is 25.6. The fourth-order valence-electron chi connectivity index (χ4n) is 1.67. The van der Waals surface area contributed by atoms with Crippen LogP contribution in [0.15, 0.2) is 18.2 Å². The van der Waals surface area contributed by atoms with Gasteiger partial charge in [-0.2, -0.15) is 0 Å². The Morgan fingerprint density at radius 2 is 1.88 bits per heavy atom. The van der Waals surface area contributed by atoms with Crippen LogP contribution in [0.4, 0.5) is 8.78 Å². The van der Waals surface area contributed by atoms with E-state index in [0.717, 1.165) is 6.07 Å². The van der Waals surface area contributed by atoms with E-state index in [1.165, 1.54) is 6.07 Å². The molecule has 0 bridgehead atoms. The summed E-state index contributed by atoms with van der Waals surface area (Å²) in [7, 11) is 1.82. The van der Waals surface area contributed by atoms with Gasteiger partial charge in [0.15, 0.2) is 11.6 Å². The zero-order chi connectivity index (χ0) is 12.3. The summed E-state index contributed by atoms with van der Waals surface area (Å²) in [6.07, 6.45) is 0. The van der Waals surface area contributed by atoms with Gasteiger partial charge >= 0.3 is 0 Å². The predicted octanol–water partition coefficient (Wildman–Crippen LogP) is 2.17. The van der Waals surface area contributed by atoms with Crippen molar-refractivity contribution in [1.82, 2.24) is 4.90 Å². The number of likely N-dealkylation sites (N-methyl/N-ethyl adjacent to an activating group) is 1. The van der Waals surface area contributed by atoms with Crippen molar-refractivity contribution >= 4 is 0 Å². The standard InChI is InChI=1S/C12H17F2NO/c1-12(2,16)8-15(3)7-9-4-5-10(13)11(14)6-9/h4-6,16H,7-8H2,1-3H3. The number of hydrogen-bond acceptors (Lipinski definition) is 2. The van der Waals surface area contributed by atoms with Crippen molar-refractivity contribution in [2.45, 2.75) is 26.0 Å². The molecule has 90 valence electrons. The first-order valence-corrected chi connectivity index (χ1v) is 5.13. The van der Waals surface area contributed by atoms with E-state index in [4.69, 9.17) is 0 Å². The third-order valence-electron chi connectivity index (χ3n) is 2.09. The van der Waals surface area contributed by atoms with Crippen molar-refractivity contribution in [2.24, 2.45) is 0 Å². The molecule has 16 heavy (non-hydrogen) atoms. The Bertz CT molecular complexity index is 361. The molecule has 0 aliphatic carbocycles. The van der Waals surface area contributed by atoms with Crippen LogP contribution in [0.25, 0.3) is 0 Å². The first kappa shape index (κ1) is 13.1. The van der Waals surface area contributed by atoms with Crippen LogP contribution in [0, 0.1) is 11.6 Å². The first-order valence-electron chi connectivity index (χ1n) is 5.13. The summed E-state index contributed by atoms with van der Waals surface area (Å²) in [6, 6.07) is 3.83. The lowest BCUT2D eigenvalue weighted by molar-refractivity contribution is 0.0424. The van der Waals surface area contributed by atoms with Gasteiger partial charge < -0.3 is 5.11 Å². The molecule has 1 rings (SSSR count). The van der Waals surface area contributed by atoms with Crippen LogP contribution in [0.1, 0.15) is 19.4 Å². The van der Waals surface area contributed by atoms with Crippen molar-refractivity contribution < 1.29 is 13.9 Å². The highest BCUT2D eigenvalue weighted by atomic mass is 19.2. The van der Waals surface area contributed by atoms with Gasteiger partial charge in [-0.3, -0.25) is 4.90 Å². The van der Waals surface area contributed by atoms with Gasteiger partial charge in [-0.05, 0) is 38.6 Å². The summed E-state index contributed by atoms with van der Waals surface area (Å²) in [5.74, 6) is -1.68. The molecule has 0 aliphatic heterocycles. The molecular formula is C12H17F2NO. The van der Waals surface area contributed by atoms with E-state index in [1.54, 1.807) is 19.9 Å². The van der Waals surface area contributed by atoms with Gasteiger partial charge in [0.2, 0.25) is 0 Å². The molecule has 0 saturated heterocycles. The molecule has 1 aromatic rings. The Labute approximate surface area is 94.5 Å². The highest BCUT2D eigenvalue weighted by Gasteiger charge is 2.15. The fourth-order valence-corrected chi connectivity index (χ4v) is 1.67. The van der Waals surface area contributed by atoms with Gasteiger partial charge in [-0.1, -0.05) is 6.07 Å². The largest absolute Gasteiger partial charge is 0.389 e. The maximum absolute atomic E-state index is 12.9. The van der Waals surface area contributed by atoms with Crippen LogP contribution in [-0.2, 0) is 6.54 Å². The number of nitrogens with zero attached hydrogens (tertiary/aromatic N) is 1. The Morgan fingerprint density at radius 3 is 2.38 bits per heavy atom. The van der Waals surface area contributed by atoms with Crippen LogP contribution in [0.2, 0.25) is 0 Å². The molecule has 0 radical (unpaired) electrons. The Kier molecular flexibility index (Phi) is 3.99. The number of aliphatic hydroxyl groups is 1. The molecular weight excluding hydrogens is 212 g/mol. The lowest BCUT2D eigenvalue weighted by Crippen LogP contribution is -2.35. The summed E-state index contributed by atoms with van der Waals surface area (Å²) >= 11 is 0. The van der Waals surface area contributed by atoms with Crippen LogP contribution in [0.3, 0.4) is 0 Å². The molecule has 0 saturated carbocycles. The molecule has 1 aromatic carbocycles. The zero-order valence-corrected chi connectivity index (χ0v) is 9.80. The van der Waals surface area contributed by atoms with E-state index in [0.29, 0.717) is 18.7 Å². The second kappa shape index (κ2) is 4.89. The summed E-state index contributed by atoms with van der Waals surface area (Å²) in [5.41, 5.74) is -0.113. The van der Waals surface area contributed by atoms with E-state index in [1.807, 2.05) is 11.9 Å². The molecule has 0 aliphatic rings. The highest BCUT2D eigenvalue weighted by molar-refractivity contribution is 5.17. The van der Waals surface area contributed by atoms with E-state index < -0.39 is 17.2 Å². The van der Waals surface area contributed by atoms with Crippen molar-refractivity contribution in [3.63, 3.8) is 0 Å². The summed E-state index contributed by atoms with van der Waals surface area (Å²) in [5, 5.41) is 9.59. The monoisotopic (exact) mass is 229 g/mol. The van der Waals surface area contributed by atoms with Crippen molar-refractivity contribution in [3.8, 4) is 0 Å². The van der Waals surface area contributed by atoms with Gasteiger partial charge in [-0.25, -0.2) is 8.78 Å². The predicted molar refractivity (Wildman–Crippen MR) is 59.0 cm³/mol. The van der Waals surface area contributed by atoms with Crippen LogP contribution in [0.5, 0.6) is 0 Å². The Morgan fingerprint density at radius 1 is 1.25 bits per heavy atom. The van der Waals surface area contributed by atoms with E-state index in [9.17, 15) is 13.9 Å². The fraction of sp³-hybridized carbons (Fsp3) is 0.500. The molecule has 0 spiro atoms. The Balaban J connectivity index is 2.63. The molecule has 2 nitrogen and oxygen atoms in total. The minimum Gasteiger partial charge on any atom is -0.389 e. The molecule has 0 amide bonds. The quantitative estimate of drug-likeness (QED) is 0.855. The van der Waals surface area contributed by atoms with Crippen LogP contribution >= 0.6 is 0 Å². The molecule has 0 atom stereocenters. The van der Waals surface area contributed by atoms with Gasteiger partial charge in [0.05, 0.1) is 5.60 Å². The topological polar surface area (TPSA) is 23.5 Å². The summed E-state index contributed by atoms with van der Waals surface area (Å²) in [4.78, 5) is 1.85. The maximum Gasteiger partial charge on any atom is 0.159 e. The van der Waals surface area contributed by atoms with Gasteiger partial charge in [0.1, 0.15) is 0 Å². The maximum atomic E-state index is 12.9. The first-order chi connectivity index (χ1) is 7.28. The SMILES string of the molecule is CN(Cc1ccc(F)c(F)c1)CC(C)(C)O. The number of hydrogen-bond donors (Lipinski definition) is 1. The lowest BCUT2D eigenvalue weighted by atomic mass is 10.1.